The molecule has 2 aromatic carbocycles. The molecule has 128 valence electrons. The van der Waals surface area contributed by atoms with Crippen molar-refractivity contribution in [1.82, 2.24) is 4.98 Å². The van der Waals surface area contributed by atoms with E-state index in [1.54, 1.807) is 37.6 Å². The van der Waals surface area contributed by atoms with Crippen LogP contribution in [0.1, 0.15) is 10.6 Å². The third kappa shape index (κ3) is 4.64. The van der Waals surface area contributed by atoms with E-state index in [1.165, 1.54) is 29.5 Å². The van der Waals surface area contributed by atoms with Crippen LogP contribution in [0.2, 0.25) is 0 Å². The maximum atomic E-state index is 13.6. The lowest BCUT2D eigenvalue weighted by atomic mass is 10.1. The van der Waals surface area contributed by atoms with Crippen LogP contribution in [0.3, 0.4) is 0 Å². The molecule has 0 aliphatic carbocycles. The number of hydrogen-bond donors (Lipinski definition) is 0. The van der Waals surface area contributed by atoms with Gasteiger partial charge in [-0.15, -0.1) is 11.3 Å². The summed E-state index contributed by atoms with van der Waals surface area (Å²) in [5.74, 6) is 1.31. The predicted octanol–water partition coefficient (Wildman–Crippen LogP) is 4.44. The molecule has 0 fully saturated rings. The zero-order valence-electron chi connectivity index (χ0n) is 13.6. The van der Waals surface area contributed by atoms with Crippen molar-refractivity contribution in [2.24, 2.45) is 0 Å². The number of carbonyl (C=O) groups excluding carboxylic acids is 1. The van der Waals surface area contributed by atoms with Crippen LogP contribution in [0, 0.1) is 5.82 Å². The molecule has 0 atom stereocenters. The molecule has 6 heteroatoms. The van der Waals surface area contributed by atoms with Crippen LogP contribution in [-0.2, 0) is 17.6 Å². The summed E-state index contributed by atoms with van der Waals surface area (Å²) in [6.07, 6.45) is 1.98. The largest absolute Gasteiger partial charge is 0.497 e. The lowest BCUT2D eigenvalue weighted by Crippen LogP contribution is -2.07. The second-order valence-corrected chi connectivity index (χ2v) is 6.33. The highest BCUT2D eigenvalue weighted by Gasteiger charge is 2.13. The van der Waals surface area contributed by atoms with E-state index in [0.717, 1.165) is 5.01 Å². The lowest BCUT2D eigenvalue weighted by Gasteiger charge is -2.11. The van der Waals surface area contributed by atoms with Crippen LogP contribution >= 0.6 is 11.3 Å². The van der Waals surface area contributed by atoms with Gasteiger partial charge in [0.1, 0.15) is 28.8 Å². The standard InChI is InChI=1S/C19H16FNO3S/c1-23-16-3-5-17(6-4-16)24-18-7-2-14(20)10-13(18)11-15(22)12-19-21-8-9-25-19/h2-10H,11-12H2,1H3. The maximum Gasteiger partial charge on any atom is 0.144 e. The first-order valence-corrected chi connectivity index (χ1v) is 8.52. The molecule has 0 aliphatic rings. The SMILES string of the molecule is COc1ccc(Oc2ccc(F)cc2CC(=O)Cc2nccs2)cc1. The van der Waals surface area contributed by atoms with E-state index in [0.29, 0.717) is 22.8 Å². The first-order valence-electron chi connectivity index (χ1n) is 7.64. The zero-order valence-corrected chi connectivity index (χ0v) is 14.4. The topological polar surface area (TPSA) is 48.4 Å². The highest BCUT2D eigenvalue weighted by atomic mass is 32.1. The Labute approximate surface area is 148 Å². The van der Waals surface area contributed by atoms with Crippen molar-refractivity contribution in [3.8, 4) is 17.2 Å². The Morgan fingerprint density at radius 3 is 2.56 bits per heavy atom. The number of thiazole rings is 1. The van der Waals surface area contributed by atoms with Gasteiger partial charge in [-0.05, 0) is 42.5 Å². The van der Waals surface area contributed by atoms with Gasteiger partial charge in [0.15, 0.2) is 0 Å². The van der Waals surface area contributed by atoms with Crippen molar-refractivity contribution >= 4 is 17.1 Å². The van der Waals surface area contributed by atoms with E-state index in [1.807, 2.05) is 5.38 Å². The molecule has 25 heavy (non-hydrogen) atoms. The summed E-state index contributed by atoms with van der Waals surface area (Å²) in [4.78, 5) is 16.4. The van der Waals surface area contributed by atoms with Gasteiger partial charge in [0.25, 0.3) is 0 Å². The van der Waals surface area contributed by atoms with Crippen LogP contribution in [0.25, 0.3) is 0 Å². The smallest absolute Gasteiger partial charge is 0.144 e. The molecule has 0 radical (unpaired) electrons. The normalized spacial score (nSPS) is 10.5. The lowest BCUT2D eigenvalue weighted by molar-refractivity contribution is -0.117. The molecule has 0 bridgehead atoms. The van der Waals surface area contributed by atoms with Gasteiger partial charge in [0, 0.05) is 23.6 Å². The van der Waals surface area contributed by atoms with Crippen LogP contribution in [0.5, 0.6) is 17.2 Å². The van der Waals surface area contributed by atoms with Gasteiger partial charge in [0.2, 0.25) is 0 Å². The van der Waals surface area contributed by atoms with Crippen molar-refractivity contribution < 1.29 is 18.7 Å². The molecule has 0 aliphatic heterocycles. The van der Waals surface area contributed by atoms with E-state index in [9.17, 15) is 9.18 Å². The number of rotatable bonds is 7. The summed E-state index contributed by atoms with van der Waals surface area (Å²) < 4.78 is 24.5. The maximum absolute atomic E-state index is 13.6. The quantitative estimate of drug-likeness (QED) is 0.627. The number of carbonyl (C=O) groups is 1. The van der Waals surface area contributed by atoms with Crippen molar-refractivity contribution in [3.63, 3.8) is 0 Å². The van der Waals surface area contributed by atoms with Gasteiger partial charge < -0.3 is 9.47 Å². The predicted molar refractivity (Wildman–Crippen MR) is 94.0 cm³/mol. The van der Waals surface area contributed by atoms with E-state index in [2.05, 4.69) is 4.98 Å². The first kappa shape index (κ1) is 17.1. The average Bonchev–Trinajstić information content (AvgIpc) is 3.11. The number of methoxy groups -OCH3 is 1. The number of benzene rings is 2. The second kappa shape index (κ2) is 7.90. The molecule has 0 unspecified atom stereocenters. The van der Waals surface area contributed by atoms with E-state index >= 15 is 0 Å². The number of Topliss-reactive ketones (excluding diaryl/α,β-unsaturated/α-hetero) is 1. The summed E-state index contributed by atoms with van der Waals surface area (Å²) in [5, 5.41) is 2.57. The minimum absolute atomic E-state index is 0.0415. The van der Waals surface area contributed by atoms with Gasteiger partial charge in [0.05, 0.1) is 18.5 Å². The minimum Gasteiger partial charge on any atom is -0.497 e. The van der Waals surface area contributed by atoms with Crippen LogP contribution in [-0.4, -0.2) is 17.9 Å². The Bertz CT molecular complexity index is 848. The summed E-state index contributed by atoms with van der Waals surface area (Å²) in [7, 11) is 1.59. The van der Waals surface area contributed by atoms with Gasteiger partial charge in [-0.25, -0.2) is 9.37 Å². The Morgan fingerprint density at radius 2 is 1.88 bits per heavy atom. The van der Waals surface area contributed by atoms with Crippen molar-refractivity contribution in [2.45, 2.75) is 12.8 Å². The Hall–Kier alpha value is -2.73. The third-order valence-corrected chi connectivity index (χ3v) is 4.31. The van der Waals surface area contributed by atoms with Gasteiger partial charge >= 0.3 is 0 Å². The number of ether oxygens (including phenoxy) is 2. The molecule has 0 amide bonds. The summed E-state index contributed by atoms with van der Waals surface area (Å²) >= 11 is 1.43. The molecule has 1 heterocycles. The average molecular weight is 357 g/mol. The van der Waals surface area contributed by atoms with Crippen molar-refractivity contribution in [2.75, 3.05) is 7.11 Å². The number of hydrogen-bond acceptors (Lipinski definition) is 5. The number of ketones is 1. The minimum atomic E-state index is -0.404. The van der Waals surface area contributed by atoms with Crippen molar-refractivity contribution in [3.05, 3.63) is 70.4 Å². The van der Waals surface area contributed by atoms with E-state index in [-0.39, 0.29) is 18.6 Å². The Morgan fingerprint density at radius 1 is 1.12 bits per heavy atom. The molecule has 1 aromatic heterocycles. The number of halogens is 1. The Balaban J connectivity index is 1.76. The third-order valence-electron chi connectivity index (χ3n) is 3.53. The summed E-state index contributed by atoms with van der Waals surface area (Å²) in [6, 6.07) is 11.2. The first-order chi connectivity index (χ1) is 12.1. The van der Waals surface area contributed by atoms with Crippen LogP contribution < -0.4 is 9.47 Å². The molecular weight excluding hydrogens is 341 g/mol. The van der Waals surface area contributed by atoms with Gasteiger partial charge in [-0.1, -0.05) is 0 Å². The fraction of sp³-hybridized carbons (Fsp3) is 0.158. The highest BCUT2D eigenvalue weighted by Crippen LogP contribution is 2.28. The molecular formula is C19H16FNO3S. The number of nitrogens with zero attached hydrogens (tertiary/aromatic N) is 1. The summed E-state index contributed by atoms with van der Waals surface area (Å²) in [5.41, 5.74) is 0.511. The van der Waals surface area contributed by atoms with E-state index in [4.69, 9.17) is 9.47 Å². The highest BCUT2D eigenvalue weighted by molar-refractivity contribution is 7.09. The zero-order chi connectivity index (χ0) is 17.6. The Kier molecular flexibility index (Phi) is 5.40. The van der Waals surface area contributed by atoms with Gasteiger partial charge in [-0.3, -0.25) is 4.79 Å². The fourth-order valence-corrected chi connectivity index (χ4v) is 2.99. The van der Waals surface area contributed by atoms with E-state index < -0.39 is 5.82 Å². The van der Waals surface area contributed by atoms with Gasteiger partial charge in [-0.2, -0.15) is 0 Å². The molecule has 0 N–H and O–H groups in total. The monoisotopic (exact) mass is 357 g/mol. The fourth-order valence-electron chi connectivity index (χ4n) is 2.34. The second-order valence-electron chi connectivity index (χ2n) is 5.35. The van der Waals surface area contributed by atoms with Crippen LogP contribution in [0.4, 0.5) is 4.39 Å². The van der Waals surface area contributed by atoms with Crippen LogP contribution in [0.15, 0.2) is 54.0 Å². The number of aromatic nitrogens is 1. The molecule has 0 spiro atoms. The van der Waals surface area contributed by atoms with Crippen molar-refractivity contribution in [1.29, 1.82) is 0 Å². The molecule has 0 saturated carbocycles. The summed E-state index contributed by atoms with van der Waals surface area (Å²) in [6.45, 7) is 0. The molecule has 3 rings (SSSR count). The molecule has 4 nitrogen and oxygen atoms in total. The molecule has 3 aromatic rings. The molecule has 0 saturated heterocycles.